The summed E-state index contributed by atoms with van der Waals surface area (Å²) in [4.78, 5) is 4.54. The van der Waals surface area contributed by atoms with Crippen molar-refractivity contribution in [1.29, 1.82) is 0 Å². The summed E-state index contributed by atoms with van der Waals surface area (Å²) in [5.74, 6) is 0. The van der Waals surface area contributed by atoms with Gasteiger partial charge in [-0.3, -0.25) is 4.68 Å². The number of fused-ring (bicyclic) bond motifs is 1. The minimum atomic E-state index is -0.754. The van der Waals surface area contributed by atoms with Crippen LogP contribution >= 0.6 is 0 Å². The molecule has 0 saturated heterocycles. The molecule has 1 atom stereocenters. The summed E-state index contributed by atoms with van der Waals surface area (Å²) in [6.45, 7) is 2.03. The van der Waals surface area contributed by atoms with Crippen molar-refractivity contribution in [2.75, 3.05) is 0 Å². The molecular weight excluding hydrogens is 238 g/mol. The average Bonchev–Trinajstić information content (AvgIpc) is 2.84. The predicted octanol–water partition coefficient (Wildman–Crippen LogP) is 2.36. The summed E-state index contributed by atoms with van der Waals surface area (Å²) in [7, 11) is 1.81. The first-order valence-electron chi connectivity index (χ1n) is 6.19. The molecule has 3 rings (SSSR count). The molecule has 0 aliphatic rings. The van der Waals surface area contributed by atoms with Crippen LogP contribution in [0.15, 0.2) is 42.6 Å². The van der Waals surface area contributed by atoms with Crippen LogP contribution in [0.25, 0.3) is 10.9 Å². The van der Waals surface area contributed by atoms with Crippen LogP contribution in [-0.4, -0.2) is 19.9 Å². The predicted molar refractivity (Wildman–Crippen MR) is 73.7 cm³/mol. The first-order chi connectivity index (χ1) is 9.16. The molecule has 96 valence electrons. The monoisotopic (exact) mass is 253 g/mol. The molecule has 0 saturated carbocycles. The number of benzene rings is 1. The van der Waals surface area contributed by atoms with Gasteiger partial charge >= 0.3 is 0 Å². The normalized spacial score (nSPS) is 12.8. The molecule has 0 spiro atoms. The summed E-state index contributed by atoms with van der Waals surface area (Å²) >= 11 is 0. The minimum absolute atomic E-state index is 0.653. The molecule has 1 unspecified atom stereocenters. The summed E-state index contributed by atoms with van der Waals surface area (Å²) < 4.78 is 1.66. The standard InChI is InChI=1S/C15H15N3O/c1-10-9-13(15(19)14-7-8-16-18(14)2)17-12-6-4-3-5-11(10)12/h3-9,15,19H,1-2H3. The Morgan fingerprint density at radius 2 is 2.00 bits per heavy atom. The van der Waals surface area contributed by atoms with E-state index in [1.165, 1.54) is 0 Å². The third-order valence-electron chi connectivity index (χ3n) is 3.36. The summed E-state index contributed by atoms with van der Waals surface area (Å²) in [6.07, 6.45) is 0.919. The van der Waals surface area contributed by atoms with Gasteiger partial charge < -0.3 is 5.11 Å². The molecule has 4 nitrogen and oxygen atoms in total. The summed E-state index contributed by atoms with van der Waals surface area (Å²) in [5.41, 5.74) is 3.41. The van der Waals surface area contributed by atoms with Gasteiger partial charge in [-0.25, -0.2) is 4.98 Å². The minimum Gasteiger partial charge on any atom is -0.380 e. The van der Waals surface area contributed by atoms with Crippen LogP contribution in [0.2, 0.25) is 0 Å². The van der Waals surface area contributed by atoms with Crippen LogP contribution < -0.4 is 0 Å². The summed E-state index contributed by atoms with van der Waals surface area (Å²) in [6, 6.07) is 11.7. The number of nitrogens with zero attached hydrogens (tertiary/aromatic N) is 3. The van der Waals surface area contributed by atoms with Gasteiger partial charge in [0.2, 0.25) is 0 Å². The summed E-state index contributed by atoms with van der Waals surface area (Å²) in [5, 5.41) is 15.6. The zero-order chi connectivity index (χ0) is 13.4. The number of hydrogen-bond donors (Lipinski definition) is 1. The van der Waals surface area contributed by atoms with Crippen LogP contribution in [0.4, 0.5) is 0 Å². The Balaban J connectivity index is 2.13. The molecule has 0 fully saturated rings. The zero-order valence-corrected chi connectivity index (χ0v) is 10.9. The highest BCUT2D eigenvalue weighted by Crippen LogP contribution is 2.24. The Morgan fingerprint density at radius 1 is 1.21 bits per heavy atom. The highest BCUT2D eigenvalue weighted by Gasteiger charge is 2.16. The van der Waals surface area contributed by atoms with Crippen molar-refractivity contribution in [3.63, 3.8) is 0 Å². The molecule has 2 heterocycles. The lowest BCUT2D eigenvalue weighted by Gasteiger charge is -2.12. The third-order valence-corrected chi connectivity index (χ3v) is 3.36. The number of para-hydroxylation sites is 1. The van der Waals surface area contributed by atoms with Crippen molar-refractivity contribution < 1.29 is 5.11 Å². The molecule has 0 radical (unpaired) electrons. The number of rotatable bonds is 2. The fourth-order valence-electron chi connectivity index (χ4n) is 2.32. The van der Waals surface area contributed by atoms with Gasteiger partial charge in [-0.15, -0.1) is 0 Å². The maximum Gasteiger partial charge on any atom is 0.137 e. The van der Waals surface area contributed by atoms with E-state index in [0.717, 1.165) is 22.2 Å². The number of aromatic nitrogens is 3. The molecule has 4 heteroatoms. The van der Waals surface area contributed by atoms with Crippen molar-refractivity contribution >= 4 is 10.9 Å². The van der Waals surface area contributed by atoms with E-state index in [4.69, 9.17) is 0 Å². The maximum atomic E-state index is 10.4. The number of pyridine rings is 1. The Morgan fingerprint density at radius 3 is 2.74 bits per heavy atom. The molecule has 1 aromatic carbocycles. The van der Waals surface area contributed by atoms with Gasteiger partial charge in [-0.2, -0.15) is 5.10 Å². The van der Waals surface area contributed by atoms with Crippen molar-refractivity contribution in [2.24, 2.45) is 7.05 Å². The molecule has 0 bridgehead atoms. The maximum absolute atomic E-state index is 10.4. The van der Waals surface area contributed by atoms with Crippen LogP contribution in [0.3, 0.4) is 0 Å². The first-order valence-corrected chi connectivity index (χ1v) is 6.19. The highest BCUT2D eigenvalue weighted by molar-refractivity contribution is 5.82. The van der Waals surface area contributed by atoms with E-state index in [2.05, 4.69) is 10.1 Å². The van der Waals surface area contributed by atoms with Gasteiger partial charge in [-0.05, 0) is 30.7 Å². The van der Waals surface area contributed by atoms with Crippen LogP contribution in [0.5, 0.6) is 0 Å². The molecule has 3 aromatic rings. The highest BCUT2D eigenvalue weighted by atomic mass is 16.3. The van der Waals surface area contributed by atoms with Gasteiger partial charge in [0.1, 0.15) is 6.10 Å². The van der Waals surface area contributed by atoms with Crippen molar-refractivity contribution in [1.82, 2.24) is 14.8 Å². The molecule has 19 heavy (non-hydrogen) atoms. The topological polar surface area (TPSA) is 50.9 Å². The largest absolute Gasteiger partial charge is 0.380 e. The van der Waals surface area contributed by atoms with Gasteiger partial charge in [0, 0.05) is 18.6 Å². The average molecular weight is 253 g/mol. The van der Waals surface area contributed by atoms with Gasteiger partial charge in [0.05, 0.1) is 16.9 Å². The van der Waals surface area contributed by atoms with Crippen molar-refractivity contribution in [3.8, 4) is 0 Å². The van der Waals surface area contributed by atoms with Crippen LogP contribution in [-0.2, 0) is 7.05 Å². The fraction of sp³-hybridized carbons (Fsp3) is 0.200. The van der Waals surface area contributed by atoms with E-state index in [-0.39, 0.29) is 0 Å². The Hall–Kier alpha value is -2.20. The molecule has 0 aliphatic carbocycles. The zero-order valence-electron chi connectivity index (χ0n) is 10.9. The Kier molecular flexibility index (Phi) is 2.80. The number of hydrogen-bond acceptors (Lipinski definition) is 3. The van der Waals surface area contributed by atoms with E-state index < -0.39 is 6.10 Å². The van der Waals surface area contributed by atoms with Gasteiger partial charge in [0.25, 0.3) is 0 Å². The molecule has 0 aliphatic heterocycles. The van der Waals surface area contributed by atoms with Crippen LogP contribution in [0, 0.1) is 6.92 Å². The first kappa shape index (κ1) is 11.9. The van der Waals surface area contributed by atoms with E-state index in [1.807, 2.05) is 44.3 Å². The van der Waals surface area contributed by atoms with Gasteiger partial charge in [0.15, 0.2) is 0 Å². The van der Waals surface area contributed by atoms with E-state index >= 15 is 0 Å². The lowest BCUT2D eigenvalue weighted by atomic mass is 10.1. The van der Waals surface area contributed by atoms with E-state index in [0.29, 0.717) is 5.69 Å². The fourth-order valence-corrected chi connectivity index (χ4v) is 2.32. The van der Waals surface area contributed by atoms with E-state index in [9.17, 15) is 5.11 Å². The lowest BCUT2D eigenvalue weighted by Crippen LogP contribution is -2.08. The van der Waals surface area contributed by atoms with E-state index in [1.54, 1.807) is 16.9 Å². The molecular formula is C15H15N3O. The second-order valence-electron chi connectivity index (χ2n) is 4.66. The Bertz CT molecular complexity index is 733. The van der Waals surface area contributed by atoms with Crippen LogP contribution in [0.1, 0.15) is 23.1 Å². The number of aryl methyl sites for hydroxylation is 2. The SMILES string of the molecule is Cc1cc(C(O)c2ccnn2C)nc2ccccc12. The van der Waals surface area contributed by atoms with Crippen molar-refractivity contribution in [3.05, 3.63) is 59.5 Å². The number of aliphatic hydroxyl groups excluding tert-OH is 1. The third kappa shape index (κ3) is 2.00. The molecule has 0 amide bonds. The smallest absolute Gasteiger partial charge is 0.137 e. The quantitative estimate of drug-likeness (QED) is 0.762. The lowest BCUT2D eigenvalue weighted by molar-refractivity contribution is 0.205. The molecule has 1 N–H and O–H groups in total. The second kappa shape index (κ2) is 4.48. The Labute approximate surface area is 111 Å². The van der Waals surface area contributed by atoms with Gasteiger partial charge in [-0.1, -0.05) is 18.2 Å². The molecule has 2 aromatic heterocycles. The van der Waals surface area contributed by atoms with Crippen molar-refractivity contribution in [2.45, 2.75) is 13.0 Å². The second-order valence-corrected chi connectivity index (χ2v) is 4.66. The number of aliphatic hydroxyl groups is 1.